The maximum atomic E-state index is 2.29. The zero-order chi connectivity index (χ0) is 15.3. The average Bonchev–Trinajstić information content (AvgIpc) is 2.46. The van der Waals surface area contributed by atoms with Crippen LogP contribution < -0.4 is 0 Å². The summed E-state index contributed by atoms with van der Waals surface area (Å²) in [5, 5.41) is 0. The Kier molecular flexibility index (Phi) is 5.22. The van der Waals surface area contributed by atoms with Crippen LogP contribution in [0.15, 0.2) is 48.5 Å². The van der Waals surface area contributed by atoms with Crippen molar-refractivity contribution < 1.29 is 0 Å². The van der Waals surface area contributed by atoms with Crippen LogP contribution in [-0.4, -0.2) is 0 Å². The summed E-state index contributed by atoms with van der Waals surface area (Å²) in [5.74, 6) is 0. The monoisotopic (exact) mass is 280 g/mol. The molecular weight excluding hydrogens is 252 g/mol. The van der Waals surface area contributed by atoms with E-state index in [1.54, 1.807) is 0 Å². The second kappa shape index (κ2) is 6.93. The summed E-state index contributed by atoms with van der Waals surface area (Å²) < 4.78 is 0. The molecule has 0 aliphatic rings. The summed E-state index contributed by atoms with van der Waals surface area (Å²) in [6.07, 6.45) is 4.66. The van der Waals surface area contributed by atoms with Crippen molar-refractivity contribution in [3.05, 3.63) is 70.8 Å². The van der Waals surface area contributed by atoms with Crippen LogP contribution in [-0.2, 0) is 24.7 Å². The Morgan fingerprint density at radius 1 is 0.619 bits per heavy atom. The van der Waals surface area contributed by atoms with Crippen molar-refractivity contribution in [3.8, 4) is 0 Å². The minimum Gasteiger partial charge on any atom is -0.0651 e. The van der Waals surface area contributed by atoms with Gasteiger partial charge in [0.05, 0.1) is 0 Å². The van der Waals surface area contributed by atoms with E-state index in [2.05, 4.69) is 76.2 Å². The van der Waals surface area contributed by atoms with E-state index >= 15 is 0 Å². The molecule has 0 unspecified atom stereocenters. The molecule has 21 heavy (non-hydrogen) atoms. The molecule has 0 spiro atoms. The van der Waals surface area contributed by atoms with Gasteiger partial charge in [0.1, 0.15) is 0 Å². The molecule has 0 fully saturated rings. The van der Waals surface area contributed by atoms with Crippen LogP contribution in [0.4, 0.5) is 0 Å². The molecule has 0 radical (unpaired) electrons. The standard InChI is InChI=1S/C21H28/c1-5-6-17-7-9-18(10-8-17)11-12-19-13-15-20(16-14-19)21(2,3)4/h7-10,13-16H,5-6,11-12H2,1-4H3. The van der Waals surface area contributed by atoms with E-state index in [1.165, 1.54) is 35.1 Å². The van der Waals surface area contributed by atoms with Gasteiger partial charge >= 0.3 is 0 Å². The Bertz CT molecular complexity index is 538. The van der Waals surface area contributed by atoms with Crippen molar-refractivity contribution in [3.63, 3.8) is 0 Å². The summed E-state index contributed by atoms with van der Waals surface area (Å²) in [6.45, 7) is 9.02. The number of hydrogen-bond acceptors (Lipinski definition) is 0. The fraction of sp³-hybridized carbons (Fsp3) is 0.429. The van der Waals surface area contributed by atoms with E-state index in [-0.39, 0.29) is 5.41 Å². The molecular formula is C21H28. The van der Waals surface area contributed by atoms with Gasteiger partial charge in [0.15, 0.2) is 0 Å². The number of hydrogen-bond donors (Lipinski definition) is 0. The fourth-order valence-electron chi connectivity index (χ4n) is 2.62. The lowest BCUT2D eigenvalue weighted by Gasteiger charge is -2.19. The lowest BCUT2D eigenvalue weighted by atomic mass is 9.86. The smallest absolute Gasteiger partial charge is 0.0132 e. The van der Waals surface area contributed by atoms with Crippen LogP contribution in [0.3, 0.4) is 0 Å². The second-order valence-electron chi connectivity index (χ2n) is 7.01. The van der Waals surface area contributed by atoms with E-state index in [0.29, 0.717) is 0 Å². The van der Waals surface area contributed by atoms with E-state index < -0.39 is 0 Å². The molecule has 0 aliphatic heterocycles. The lowest BCUT2D eigenvalue weighted by Crippen LogP contribution is -2.10. The molecule has 0 bridgehead atoms. The van der Waals surface area contributed by atoms with Crippen LogP contribution >= 0.6 is 0 Å². The van der Waals surface area contributed by atoms with Crippen molar-refractivity contribution in [2.45, 2.75) is 58.8 Å². The largest absolute Gasteiger partial charge is 0.0651 e. The Morgan fingerprint density at radius 2 is 1.00 bits per heavy atom. The Morgan fingerprint density at radius 3 is 1.38 bits per heavy atom. The molecule has 0 N–H and O–H groups in total. The topological polar surface area (TPSA) is 0 Å². The Labute approximate surface area is 130 Å². The summed E-state index contributed by atoms with van der Waals surface area (Å²) in [4.78, 5) is 0. The third-order valence-corrected chi connectivity index (χ3v) is 4.08. The molecule has 2 rings (SSSR count). The molecule has 0 nitrogen and oxygen atoms in total. The van der Waals surface area contributed by atoms with Gasteiger partial charge < -0.3 is 0 Å². The number of rotatable bonds is 5. The Hall–Kier alpha value is -1.56. The predicted molar refractivity (Wildman–Crippen MR) is 93.0 cm³/mol. The van der Waals surface area contributed by atoms with E-state index in [4.69, 9.17) is 0 Å². The minimum absolute atomic E-state index is 0.244. The number of aryl methyl sites for hydroxylation is 3. The SMILES string of the molecule is CCCc1ccc(CCc2ccc(C(C)(C)C)cc2)cc1. The molecule has 2 aromatic carbocycles. The molecule has 0 saturated heterocycles. The molecule has 2 aromatic rings. The van der Waals surface area contributed by atoms with Gasteiger partial charge in [-0.1, -0.05) is 82.6 Å². The van der Waals surface area contributed by atoms with Crippen LogP contribution in [0, 0.1) is 0 Å². The first-order chi connectivity index (χ1) is 9.99. The second-order valence-corrected chi connectivity index (χ2v) is 7.01. The van der Waals surface area contributed by atoms with Gasteiger partial charge in [0.25, 0.3) is 0 Å². The molecule has 0 heteroatoms. The van der Waals surface area contributed by atoms with Crippen molar-refractivity contribution in [2.75, 3.05) is 0 Å². The summed E-state index contributed by atoms with van der Waals surface area (Å²) >= 11 is 0. The van der Waals surface area contributed by atoms with Gasteiger partial charge in [-0.15, -0.1) is 0 Å². The highest BCUT2D eigenvalue weighted by Crippen LogP contribution is 2.22. The van der Waals surface area contributed by atoms with Gasteiger partial charge in [-0.05, 0) is 46.9 Å². The van der Waals surface area contributed by atoms with E-state index in [0.717, 1.165) is 12.8 Å². The molecule has 112 valence electrons. The number of benzene rings is 2. The van der Waals surface area contributed by atoms with Crippen molar-refractivity contribution in [1.82, 2.24) is 0 Å². The maximum Gasteiger partial charge on any atom is -0.0132 e. The molecule has 0 amide bonds. The van der Waals surface area contributed by atoms with Gasteiger partial charge in [0.2, 0.25) is 0 Å². The summed E-state index contributed by atoms with van der Waals surface area (Å²) in [5.41, 5.74) is 5.98. The zero-order valence-corrected chi connectivity index (χ0v) is 13.9. The Balaban J connectivity index is 1.93. The summed E-state index contributed by atoms with van der Waals surface area (Å²) in [6, 6.07) is 18.3. The zero-order valence-electron chi connectivity index (χ0n) is 13.9. The van der Waals surface area contributed by atoms with Gasteiger partial charge in [-0.2, -0.15) is 0 Å². The van der Waals surface area contributed by atoms with Crippen molar-refractivity contribution in [2.24, 2.45) is 0 Å². The third-order valence-electron chi connectivity index (χ3n) is 4.08. The highest BCUT2D eigenvalue weighted by molar-refractivity contribution is 5.29. The summed E-state index contributed by atoms with van der Waals surface area (Å²) in [7, 11) is 0. The first kappa shape index (κ1) is 15.8. The van der Waals surface area contributed by atoms with Gasteiger partial charge in [-0.3, -0.25) is 0 Å². The highest BCUT2D eigenvalue weighted by Gasteiger charge is 2.12. The highest BCUT2D eigenvalue weighted by atomic mass is 14.2. The molecule has 0 heterocycles. The van der Waals surface area contributed by atoms with E-state index in [9.17, 15) is 0 Å². The van der Waals surface area contributed by atoms with Gasteiger partial charge in [-0.25, -0.2) is 0 Å². The normalized spacial score (nSPS) is 11.6. The van der Waals surface area contributed by atoms with Crippen molar-refractivity contribution in [1.29, 1.82) is 0 Å². The quantitative estimate of drug-likeness (QED) is 0.657. The fourth-order valence-corrected chi connectivity index (χ4v) is 2.62. The van der Waals surface area contributed by atoms with Crippen LogP contribution in [0.25, 0.3) is 0 Å². The van der Waals surface area contributed by atoms with Gasteiger partial charge in [0, 0.05) is 0 Å². The molecule has 0 aromatic heterocycles. The first-order valence-corrected chi connectivity index (χ1v) is 8.16. The lowest BCUT2D eigenvalue weighted by molar-refractivity contribution is 0.590. The predicted octanol–water partition coefficient (Wildman–Crippen LogP) is 5.72. The average molecular weight is 280 g/mol. The minimum atomic E-state index is 0.244. The molecule has 0 aliphatic carbocycles. The maximum absolute atomic E-state index is 2.29. The van der Waals surface area contributed by atoms with Crippen LogP contribution in [0.5, 0.6) is 0 Å². The molecule has 0 saturated carbocycles. The third kappa shape index (κ3) is 4.74. The van der Waals surface area contributed by atoms with E-state index in [1.807, 2.05) is 0 Å². The first-order valence-electron chi connectivity index (χ1n) is 8.16. The van der Waals surface area contributed by atoms with Crippen LogP contribution in [0.1, 0.15) is 56.4 Å². The van der Waals surface area contributed by atoms with Crippen LogP contribution in [0.2, 0.25) is 0 Å². The van der Waals surface area contributed by atoms with Crippen molar-refractivity contribution >= 4 is 0 Å². The molecule has 0 atom stereocenters.